The predicted molar refractivity (Wildman–Crippen MR) is 95.7 cm³/mol. The Hall–Kier alpha value is -2.54. The molecule has 0 bridgehead atoms. The quantitative estimate of drug-likeness (QED) is 0.707. The van der Waals surface area contributed by atoms with Crippen LogP contribution < -0.4 is 14.2 Å². The van der Waals surface area contributed by atoms with E-state index < -0.39 is 6.61 Å². The lowest BCUT2D eigenvalue weighted by atomic mass is 10.0. The molecule has 1 heterocycles. The van der Waals surface area contributed by atoms with E-state index in [4.69, 9.17) is 9.47 Å². The van der Waals surface area contributed by atoms with Gasteiger partial charge < -0.3 is 14.2 Å². The van der Waals surface area contributed by atoms with Gasteiger partial charge in [-0.2, -0.15) is 8.78 Å². The molecule has 2 aromatic rings. The highest BCUT2D eigenvalue weighted by molar-refractivity contribution is 7.99. The number of hydrogen-bond donors (Lipinski definition) is 0. The molecule has 0 amide bonds. The van der Waals surface area contributed by atoms with Crippen molar-refractivity contribution in [3.63, 3.8) is 0 Å². The van der Waals surface area contributed by atoms with Crippen molar-refractivity contribution in [2.24, 2.45) is 0 Å². The average molecular weight is 378 g/mol. The van der Waals surface area contributed by atoms with E-state index >= 15 is 0 Å². The number of benzene rings is 2. The maximum atomic E-state index is 12.7. The summed E-state index contributed by atoms with van der Waals surface area (Å²) in [6, 6.07) is 10.5. The van der Waals surface area contributed by atoms with E-state index in [9.17, 15) is 13.6 Å². The summed E-state index contributed by atoms with van der Waals surface area (Å²) in [5.41, 5.74) is 1.87. The molecule has 0 atom stereocenters. The van der Waals surface area contributed by atoms with Gasteiger partial charge in [0.1, 0.15) is 0 Å². The second-order valence-corrected chi connectivity index (χ2v) is 6.43. The summed E-state index contributed by atoms with van der Waals surface area (Å²) >= 11 is 1.58. The Kier molecular flexibility index (Phi) is 5.46. The van der Waals surface area contributed by atoms with Crippen LogP contribution >= 0.6 is 11.8 Å². The van der Waals surface area contributed by atoms with Crippen LogP contribution in [0.4, 0.5) is 8.78 Å². The maximum absolute atomic E-state index is 12.7. The first kappa shape index (κ1) is 18.3. The zero-order chi connectivity index (χ0) is 18.7. The van der Waals surface area contributed by atoms with Crippen molar-refractivity contribution in [2.45, 2.75) is 11.5 Å². The third-order valence-electron chi connectivity index (χ3n) is 3.84. The molecular weight excluding hydrogens is 362 g/mol. The zero-order valence-corrected chi connectivity index (χ0v) is 14.9. The van der Waals surface area contributed by atoms with Crippen molar-refractivity contribution >= 4 is 23.6 Å². The van der Waals surface area contributed by atoms with Crippen LogP contribution in [0.15, 0.2) is 46.9 Å². The van der Waals surface area contributed by atoms with Crippen LogP contribution in [0.25, 0.3) is 6.08 Å². The molecule has 0 aliphatic carbocycles. The fourth-order valence-electron chi connectivity index (χ4n) is 2.67. The van der Waals surface area contributed by atoms with E-state index in [2.05, 4.69) is 4.74 Å². The van der Waals surface area contributed by atoms with Crippen molar-refractivity contribution in [3.05, 3.63) is 53.1 Å². The first-order valence-electron chi connectivity index (χ1n) is 7.71. The normalized spacial score (nSPS) is 15.1. The summed E-state index contributed by atoms with van der Waals surface area (Å²) in [7, 11) is 2.70. The van der Waals surface area contributed by atoms with E-state index in [1.807, 2.05) is 18.2 Å². The van der Waals surface area contributed by atoms with Gasteiger partial charge in [-0.1, -0.05) is 12.1 Å². The summed E-state index contributed by atoms with van der Waals surface area (Å²) in [6.45, 7) is -3.00. The number of fused-ring (bicyclic) bond motifs is 1. The molecule has 0 saturated carbocycles. The number of hydrogen-bond acceptors (Lipinski definition) is 5. The SMILES string of the molecule is COc1cc(/C=C2\CSc3ccccc3C2=O)cc(OC)c1OC(F)F. The molecule has 3 rings (SSSR count). The number of thioether (sulfide) groups is 1. The number of Topliss-reactive ketones (excluding diaryl/α,β-unsaturated/α-hetero) is 1. The molecule has 26 heavy (non-hydrogen) atoms. The Balaban J connectivity index is 2.00. The van der Waals surface area contributed by atoms with Crippen molar-refractivity contribution in [1.29, 1.82) is 0 Å². The summed E-state index contributed by atoms with van der Waals surface area (Å²) in [4.78, 5) is 13.6. The van der Waals surface area contributed by atoms with E-state index in [1.165, 1.54) is 26.4 Å². The van der Waals surface area contributed by atoms with Crippen LogP contribution in [-0.2, 0) is 0 Å². The summed E-state index contributed by atoms with van der Waals surface area (Å²) in [5.74, 6) is 0.503. The highest BCUT2D eigenvalue weighted by Gasteiger charge is 2.23. The molecule has 0 saturated heterocycles. The third-order valence-corrected chi connectivity index (χ3v) is 4.96. The fourth-order valence-corrected chi connectivity index (χ4v) is 3.69. The summed E-state index contributed by atoms with van der Waals surface area (Å²) in [5, 5.41) is 0. The largest absolute Gasteiger partial charge is 0.493 e. The first-order valence-corrected chi connectivity index (χ1v) is 8.70. The molecular formula is C19H16F2O4S. The number of methoxy groups -OCH3 is 2. The Bertz CT molecular complexity index is 839. The Morgan fingerprint density at radius 2 is 1.77 bits per heavy atom. The van der Waals surface area contributed by atoms with Crippen molar-refractivity contribution < 1.29 is 27.8 Å². The molecule has 2 aromatic carbocycles. The lowest BCUT2D eigenvalue weighted by Crippen LogP contribution is -2.12. The Morgan fingerprint density at radius 3 is 2.38 bits per heavy atom. The van der Waals surface area contributed by atoms with Crippen LogP contribution in [-0.4, -0.2) is 32.4 Å². The Labute approximate surface area is 153 Å². The minimum Gasteiger partial charge on any atom is -0.493 e. The zero-order valence-electron chi connectivity index (χ0n) is 14.1. The van der Waals surface area contributed by atoms with E-state index in [0.29, 0.717) is 22.5 Å². The Morgan fingerprint density at radius 1 is 1.12 bits per heavy atom. The minimum atomic E-state index is -3.00. The van der Waals surface area contributed by atoms with Gasteiger partial charge in [0.2, 0.25) is 5.75 Å². The molecule has 0 radical (unpaired) electrons. The van der Waals surface area contributed by atoms with Crippen molar-refractivity contribution in [2.75, 3.05) is 20.0 Å². The van der Waals surface area contributed by atoms with Crippen LogP contribution in [0.2, 0.25) is 0 Å². The number of carbonyl (C=O) groups excluding carboxylic acids is 1. The van der Waals surface area contributed by atoms with Gasteiger partial charge in [-0.15, -0.1) is 11.8 Å². The monoisotopic (exact) mass is 378 g/mol. The van der Waals surface area contributed by atoms with Crippen LogP contribution in [0.5, 0.6) is 17.2 Å². The fraction of sp³-hybridized carbons (Fsp3) is 0.211. The van der Waals surface area contributed by atoms with Gasteiger partial charge in [-0.25, -0.2) is 0 Å². The number of rotatable bonds is 5. The van der Waals surface area contributed by atoms with Crippen LogP contribution in [0, 0.1) is 0 Å². The molecule has 0 unspecified atom stereocenters. The lowest BCUT2D eigenvalue weighted by molar-refractivity contribution is -0.0526. The smallest absolute Gasteiger partial charge is 0.387 e. The number of alkyl halides is 2. The van der Waals surface area contributed by atoms with Crippen LogP contribution in [0.1, 0.15) is 15.9 Å². The van der Waals surface area contributed by atoms with Crippen molar-refractivity contribution in [3.8, 4) is 17.2 Å². The maximum Gasteiger partial charge on any atom is 0.387 e. The minimum absolute atomic E-state index is 0.0507. The average Bonchev–Trinajstić information content (AvgIpc) is 2.64. The third kappa shape index (κ3) is 3.67. The van der Waals surface area contributed by atoms with E-state index in [1.54, 1.807) is 23.9 Å². The number of halogens is 2. The highest BCUT2D eigenvalue weighted by Crippen LogP contribution is 2.41. The topological polar surface area (TPSA) is 44.8 Å². The summed E-state index contributed by atoms with van der Waals surface area (Å²) < 4.78 is 40.0. The molecule has 7 heteroatoms. The standard InChI is InChI=1S/C19H16F2O4S/c1-23-14-8-11(9-15(24-2)18(14)25-19(20)21)7-12-10-26-16-6-4-3-5-13(16)17(12)22/h3-9,19H,10H2,1-2H3/b12-7+. The second-order valence-electron chi connectivity index (χ2n) is 5.42. The number of ether oxygens (including phenoxy) is 3. The van der Waals surface area contributed by atoms with Gasteiger partial charge in [-0.3, -0.25) is 4.79 Å². The van der Waals surface area contributed by atoms with Gasteiger partial charge >= 0.3 is 6.61 Å². The lowest BCUT2D eigenvalue weighted by Gasteiger charge is -2.18. The van der Waals surface area contributed by atoms with E-state index in [0.717, 1.165) is 4.90 Å². The molecule has 0 aromatic heterocycles. The molecule has 1 aliphatic rings. The molecule has 0 spiro atoms. The number of ketones is 1. The molecule has 1 aliphatic heterocycles. The van der Waals surface area contributed by atoms with E-state index in [-0.39, 0.29) is 23.0 Å². The first-order chi connectivity index (χ1) is 12.5. The highest BCUT2D eigenvalue weighted by atomic mass is 32.2. The molecule has 0 fully saturated rings. The number of carbonyl (C=O) groups is 1. The second kappa shape index (κ2) is 7.78. The van der Waals surface area contributed by atoms with Gasteiger partial charge in [0.25, 0.3) is 0 Å². The van der Waals surface area contributed by atoms with Crippen molar-refractivity contribution in [1.82, 2.24) is 0 Å². The van der Waals surface area contributed by atoms with Gasteiger partial charge in [0, 0.05) is 21.8 Å². The molecule has 136 valence electrons. The van der Waals surface area contributed by atoms with Gasteiger partial charge in [0.05, 0.1) is 14.2 Å². The predicted octanol–water partition coefficient (Wildman–Crippen LogP) is 4.68. The van der Waals surface area contributed by atoms with Gasteiger partial charge in [-0.05, 0) is 35.9 Å². The summed E-state index contributed by atoms with van der Waals surface area (Å²) in [6.07, 6.45) is 1.71. The molecule has 0 N–H and O–H groups in total. The van der Waals surface area contributed by atoms with Gasteiger partial charge in [0.15, 0.2) is 17.3 Å². The molecule has 4 nitrogen and oxygen atoms in total. The van der Waals surface area contributed by atoms with Crippen LogP contribution in [0.3, 0.4) is 0 Å².